The van der Waals surface area contributed by atoms with Crippen LogP contribution in [0.15, 0.2) is 24.4 Å². The molecule has 0 spiro atoms. The Morgan fingerprint density at radius 3 is 2.84 bits per heavy atom. The van der Waals surface area contributed by atoms with Gasteiger partial charge < -0.3 is 15.0 Å². The van der Waals surface area contributed by atoms with Crippen LogP contribution < -0.4 is 0 Å². The number of para-hydroxylation sites is 1. The van der Waals surface area contributed by atoms with Gasteiger partial charge in [-0.3, -0.25) is 9.59 Å². The number of carboxylic acid groups (broad SMARTS) is 1. The topological polar surface area (TPSA) is 73.4 Å². The van der Waals surface area contributed by atoms with E-state index in [-0.39, 0.29) is 24.7 Å². The monoisotopic (exact) mass is 264 g/mol. The summed E-state index contributed by atoms with van der Waals surface area (Å²) >= 11 is 0. The number of halogens is 1. The number of likely N-dealkylation sites (N-methyl/N-ethyl adjacent to an activating group) is 1. The molecule has 5 nitrogen and oxygen atoms in total. The maximum absolute atomic E-state index is 13.5. The van der Waals surface area contributed by atoms with Crippen LogP contribution in [0.25, 0.3) is 10.9 Å². The minimum Gasteiger partial charge on any atom is -0.480 e. The maximum atomic E-state index is 13.5. The predicted octanol–water partition coefficient (Wildman–Crippen LogP) is 1.39. The van der Waals surface area contributed by atoms with Crippen LogP contribution in [0.3, 0.4) is 0 Å². The van der Waals surface area contributed by atoms with Crippen molar-refractivity contribution in [3.63, 3.8) is 0 Å². The fraction of sp³-hybridized carbons (Fsp3) is 0.231. The Kier molecular flexibility index (Phi) is 3.50. The summed E-state index contributed by atoms with van der Waals surface area (Å²) in [5.74, 6) is -1.77. The summed E-state index contributed by atoms with van der Waals surface area (Å²) in [4.78, 5) is 26.3. The van der Waals surface area contributed by atoms with E-state index in [0.717, 1.165) is 4.90 Å². The van der Waals surface area contributed by atoms with Gasteiger partial charge in [-0.05, 0) is 11.6 Å². The van der Waals surface area contributed by atoms with E-state index in [2.05, 4.69) is 4.98 Å². The second-order valence-electron chi connectivity index (χ2n) is 4.30. The number of H-pyrrole nitrogens is 1. The minimum absolute atomic E-state index is 0.0350. The van der Waals surface area contributed by atoms with E-state index in [4.69, 9.17) is 5.11 Å². The van der Waals surface area contributed by atoms with Gasteiger partial charge >= 0.3 is 5.97 Å². The lowest BCUT2D eigenvalue weighted by Gasteiger charge is -2.13. The fourth-order valence-electron chi connectivity index (χ4n) is 1.91. The molecule has 0 aliphatic carbocycles. The highest BCUT2D eigenvalue weighted by Crippen LogP contribution is 2.21. The van der Waals surface area contributed by atoms with Crippen LogP contribution in [-0.2, 0) is 16.0 Å². The van der Waals surface area contributed by atoms with Crippen molar-refractivity contribution in [1.82, 2.24) is 9.88 Å². The Morgan fingerprint density at radius 2 is 2.16 bits per heavy atom. The maximum Gasteiger partial charge on any atom is 0.323 e. The normalized spacial score (nSPS) is 10.6. The van der Waals surface area contributed by atoms with E-state index in [0.29, 0.717) is 16.5 Å². The number of carboxylic acids is 1. The molecular formula is C13H13FN2O3. The fourth-order valence-corrected chi connectivity index (χ4v) is 1.91. The zero-order valence-electron chi connectivity index (χ0n) is 10.3. The van der Waals surface area contributed by atoms with Crippen molar-refractivity contribution >= 4 is 22.8 Å². The number of aromatic amines is 1. The molecule has 0 saturated heterocycles. The van der Waals surface area contributed by atoms with E-state index in [1.165, 1.54) is 13.1 Å². The molecule has 0 fully saturated rings. The van der Waals surface area contributed by atoms with Gasteiger partial charge in [0.15, 0.2) is 0 Å². The Bertz CT molecular complexity index is 636. The molecule has 1 aromatic carbocycles. The van der Waals surface area contributed by atoms with Gasteiger partial charge in [-0.15, -0.1) is 0 Å². The van der Waals surface area contributed by atoms with Crippen LogP contribution >= 0.6 is 0 Å². The Morgan fingerprint density at radius 1 is 1.42 bits per heavy atom. The molecule has 1 aromatic heterocycles. The summed E-state index contributed by atoms with van der Waals surface area (Å²) < 4.78 is 13.5. The number of hydrogen-bond acceptors (Lipinski definition) is 2. The van der Waals surface area contributed by atoms with E-state index in [1.807, 2.05) is 0 Å². The summed E-state index contributed by atoms with van der Waals surface area (Å²) in [6, 6.07) is 4.62. The van der Waals surface area contributed by atoms with Gasteiger partial charge in [-0.25, -0.2) is 4.39 Å². The minimum atomic E-state index is -1.07. The zero-order valence-corrected chi connectivity index (χ0v) is 10.3. The lowest BCUT2D eigenvalue weighted by atomic mass is 10.1. The average molecular weight is 264 g/mol. The van der Waals surface area contributed by atoms with Gasteiger partial charge in [0.05, 0.1) is 11.9 Å². The number of amides is 1. The van der Waals surface area contributed by atoms with Crippen LogP contribution in [0.4, 0.5) is 4.39 Å². The van der Waals surface area contributed by atoms with Gasteiger partial charge in [0.1, 0.15) is 12.4 Å². The van der Waals surface area contributed by atoms with E-state index < -0.39 is 5.97 Å². The van der Waals surface area contributed by atoms with Gasteiger partial charge in [-0.2, -0.15) is 0 Å². The first-order valence-electron chi connectivity index (χ1n) is 5.69. The van der Waals surface area contributed by atoms with Gasteiger partial charge in [-0.1, -0.05) is 12.1 Å². The summed E-state index contributed by atoms with van der Waals surface area (Å²) in [7, 11) is 1.42. The average Bonchev–Trinajstić information content (AvgIpc) is 2.73. The van der Waals surface area contributed by atoms with E-state index in [1.54, 1.807) is 18.3 Å². The molecular weight excluding hydrogens is 251 g/mol. The number of nitrogens with one attached hydrogen (secondary N) is 1. The number of aliphatic carboxylic acids is 1. The highest BCUT2D eigenvalue weighted by molar-refractivity contribution is 5.90. The summed E-state index contributed by atoms with van der Waals surface area (Å²) in [6.07, 6.45) is 1.60. The molecule has 0 saturated carbocycles. The third-order valence-corrected chi connectivity index (χ3v) is 2.89. The Labute approximate surface area is 108 Å². The number of hydrogen-bond donors (Lipinski definition) is 2. The van der Waals surface area contributed by atoms with Gasteiger partial charge in [0.25, 0.3) is 0 Å². The molecule has 2 aromatic rings. The van der Waals surface area contributed by atoms with Crippen molar-refractivity contribution in [3.05, 3.63) is 35.8 Å². The highest BCUT2D eigenvalue weighted by Gasteiger charge is 2.15. The SMILES string of the molecule is CN(CC(=O)O)C(=O)Cc1c[nH]c2c(F)cccc12. The summed E-state index contributed by atoms with van der Waals surface area (Å²) in [5, 5.41) is 9.25. The molecule has 0 aliphatic heterocycles. The Hall–Kier alpha value is -2.37. The zero-order chi connectivity index (χ0) is 14.0. The van der Waals surface area contributed by atoms with E-state index in [9.17, 15) is 14.0 Å². The third kappa shape index (κ3) is 2.73. The van der Waals surface area contributed by atoms with Crippen LogP contribution in [-0.4, -0.2) is 40.5 Å². The quantitative estimate of drug-likeness (QED) is 0.876. The van der Waals surface area contributed by atoms with Crippen molar-refractivity contribution in [1.29, 1.82) is 0 Å². The van der Waals surface area contributed by atoms with Crippen LogP contribution in [0.1, 0.15) is 5.56 Å². The second kappa shape index (κ2) is 5.09. The summed E-state index contributed by atoms with van der Waals surface area (Å²) in [6.45, 7) is -0.352. The van der Waals surface area contributed by atoms with Crippen molar-refractivity contribution in [2.75, 3.05) is 13.6 Å². The largest absolute Gasteiger partial charge is 0.480 e. The molecule has 1 heterocycles. The van der Waals surface area contributed by atoms with Gasteiger partial charge in [0, 0.05) is 18.6 Å². The molecule has 100 valence electrons. The number of fused-ring (bicyclic) bond motifs is 1. The molecule has 2 N–H and O–H groups in total. The molecule has 2 rings (SSSR count). The number of carbonyl (C=O) groups is 2. The van der Waals surface area contributed by atoms with Crippen molar-refractivity contribution < 1.29 is 19.1 Å². The predicted molar refractivity (Wildman–Crippen MR) is 67.2 cm³/mol. The molecule has 0 radical (unpaired) electrons. The number of carbonyl (C=O) groups excluding carboxylic acids is 1. The van der Waals surface area contributed by atoms with Crippen LogP contribution in [0, 0.1) is 5.82 Å². The van der Waals surface area contributed by atoms with E-state index >= 15 is 0 Å². The lowest BCUT2D eigenvalue weighted by Crippen LogP contribution is -2.33. The molecule has 0 aliphatic rings. The Balaban J connectivity index is 2.20. The lowest BCUT2D eigenvalue weighted by molar-refractivity contribution is -0.143. The van der Waals surface area contributed by atoms with Crippen molar-refractivity contribution in [2.45, 2.75) is 6.42 Å². The third-order valence-electron chi connectivity index (χ3n) is 2.89. The number of nitrogens with zero attached hydrogens (tertiary/aromatic N) is 1. The smallest absolute Gasteiger partial charge is 0.323 e. The number of aromatic nitrogens is 1. The molecule has 1 amide bonds. The first kappa shape index (κ1) is 13.1. The number of rotatable bonds is 4. The van der Waals surface area contributed by atoms with Crippen LogP contribution in [0.2, 0.25) is 0 Å². The van der Waals surface area contributed by atoms with Crippen molar-refractivity contribution in [3.8, 4) is 0 Å². The molecule has 0 unspecified atom stereocenters. The first-order valence-corrected chi connectivity index (χ1v) is 5.69. The highest BCUT2D eigenvalue weighted by atomic mass is 19.1. The first-order chi connectivity index (χ1) is 8.99. The molecule has 0 atom stereocenters. The molecule has 19 heavy (non-hydrogen) atoms. The van der Waals surface area contributed by atoms with Crippen LogP contribution in [0.5, 0.6) is 0 Å². The molecule has 0 bridgehead atoms. The van der Waals surface area contributed by atoms with Crippen molar-refractivity contribution in [2.24, 2.45) is 0 Å². The second-order valence-corrected chi connectivity index (χ2v) is 4.30. The summed E-state index contributed by atoms with van der Waals surface area (Å²) in [5.41, 5.74) is 1.00. The number of benzene rings is 1. The van der Waals surface area contributed by atoms with Gasteiger partial charge in [0.2, 0.25) is 5.91 Å². The standard InChI is InChI=1S/C13H13FN2O3/c1-16(7-12(18)19)11(17)5-8-6-15-13-9(8)3-2-4-10(13)14/h2-4,6,15H,5,7H2,1H3,(H,18,19). The molecule has 6 heteroatoms.